The molecule has 1 heterocycles. The van der Waals surface area contributed by atoms with E-state index < -0.39 is 12.1 Å². The number of esters is 1. The van der Waals surface area contributed by atoms with Gasteiger partial charge in [0.05, 0.1) is 12.7 Å². The lowest BCUT2D eigenvalue weighted by Crippen LogP contribution is -2.12. The summed E-state index contributed by atoms with van der Waals surface area (Å²) in [6.45, 7) is 5.98. The smallest absolute Gasteiger partial charge is 0.358 e. The number of aliphatic hydroxyl groups is 1. The quantitative estimate of drug-likeness (QED) is 0.748. The van der Waals surface area contributed by atoms with Crippen molar-refractivity contribution in [1.29, 1.82) is 0 Å². The molecule has 1 N–H and O–H groups in total. The Hall–Kier alpha value is -1.36. The van der Waals surface area contributed by atoms with Crippen molar-refractivity contribution in [3.63, 3.8) is 0 Å². The molecule has 0 saturated carbocycles. The lowest BCUT2D eigenvalue weighted by molar-refractivity contribution is 0.0519. The van der Waals surface area contributed by atoms with Crippen LogP contribution < -0.4 is 0 Å². The Morgan fingerprint density at radius 3 is 2.93 bits per heavy atom. The maximum absolute atomic E-state index is 11.3. The van der Waals surface area contributed by atoms with Gasteiger partial charge in [0, 0.05) is 12.7 Å². The van der Waals surface area contributed by atoms with Crippen LogP contribution in [-0.2, 0) is 11.3 Å². The molecule has 0 aromatic carbocycles. The number of hydrogen-bond acceptors (Lipinski definition) is 4. The van der Waals surface area contributed by atoms with Crippen LogP contribution in [0.3, 0.4) is 0 Å². The molecule has 1 atom stereocenters. The number of rotatable bonds is 4. The van der Waals surface area contributed by atoms with E-state index in [0.29, 0.717) is 19.0 Å². The number of ether oxygens (including phenoxy) is 1. The first-order chi connectivity index (χ1) is 7.04. The van der Waals surface area contributed by atoms with E-state index in [2.05, 4.69) is 4.98 Å². The number of aryl methyl sites for hydroxylation is 1. The van der Waals surface area contributed by atoms with E-state index in [-0.39, 0.29) is 5.69 Å². The molecule has 1 aromatic rings. The molecule has 0 radical (unpaired) electrons. The van der Waals surface area contributed by atoms with Gasteiger partial charge in [0.25, 0.3) is 0 Å². The van der Waals surface area contributed by atoms with Gasteiger partial charge < -0.3 is 14.4 Å². The Labute approximate surface area is 88.7 Å². The van der Waals surface area contributed by atoms with Gasteiger partial charge in [-0.25, -0.2) is 9.78 Å². The molecule has 0 fully saturated rings. The predicted molar refractivity (Wildman–Crippen MR) is 54.6 cm³/mol. The minimum atomic E-state index is -0.465. The molecule has 5 heteroatoms. The van der Waals surface area contributed by atoms with Gasteiger partial charge >= 0.3 is 5.97 Å². The highest BCUT2D eigenvalue weighted by Gasteiger charge is 2.13. The molecule has 0 amide bonds. The van der Waals surface area contributed by atoms with Crippen LogP contribution in [0.15, 0.2) is 6.20 Å². The van der Waals surface area contributed by atoms with Crippen LogP contribution in [0.1, 0.15) is 30.2 Å². The first kappa shape index (κ1) is 11.7. The Kier molecular flexibility index (Phi) is 3.85. The first-order valence-electron chi connectivity index (χ1n) is 4.93. The summed E-state index contributed by atoms with van der Waals surface area (Å²) in [6, 6.07) is 0. The highest BCUT2D eigenvalue weighted by atomic mass is 16.5. The summed E-state index contributed by atoms with van der Waals surface area (Å²) in [6.07, 6.45) is 1.13. The highest BCUT2D eigenvalue weighted by molar-refractivity contribution is 5.87. The Morgan fingerprint density at radius 1 is 1.73 bits per heavy atom. The van der Waals surface area contributed by atoms with E-state index in [9.17, 15) is 9.90 Å². The van der Waals surface area contributed by atoms with Crippen molar-refractivity contribution in [3.8, 4) is 0 Å². The Bertz CT molecular complexity index is 344. The van der Waals surface area contributed by atoms with Crippen molar-refractivity contribution in [2.24, 2.45) is 0 Å². The second kappa shape index (κ2) is 4.93. The first-order valence-corrected chi connectivity index (χ1v) is 4.93. The summed E-state index contributed by atoms with van der Waals surface area (Å²) in [4.78, 5) is 15.4. The third-order valence-corrected chi connectivity index (χ3v) is 1.92. The number of carbonyl (C=O) groups is 1. The van der Waals surface area contributed by atoms with Crippen molar-refractivity contribution in [2.75, 3.05) is 6.61 Å². The molecule has 0 bridgehead atoms. The van der Waals surface area contributed by atoms with Crippen LogP contribution in [0.4, 0.5) is 0 Å². The summed E-state index contributed by atoms with van der Waals surface area (Å²) >= 11 is 0. The molecule has 5 nitrogen and oxygen atoms in total. The Morgan fingerprint density at radius 2 is 2.40 bits per heavy atom. The van der Waals surface area contributed by atoms with E-state index in [1.165, 1.54) is 0 Å². The number of aromatic nitrogens is 2. The largest absolute Gasteiger partial charge is 0.461 e. The van der Waals surface area contributed by atoms with Gasteiger partial charge in [-0.2, -0.15) is 0 Å². The monoisotopic (exact) mass is 212 g/mol. The van der Waals surface area contributed by atoms with E-state index in [1.807, 2.05) is 0 Å². The molecule has 0 unspecified atom stereocenters. The summed E-state index contributed by atoms with van der Waals surface area (Å²) in [7, 11) is 0. The number of imidazole rings is 1. The van der Waals surface area contributed by atoms with Crippen LogP contribution in [0, 0.1) is 6.92 Å². The minimum absolute atomic E-state index is 0.287. The molecule has 84 valence electrons. The highest BCUT2D eigenvalue weighted by Crippen LogP contribution is 2.05. The van der Waals surface area contributed by atoms with Gasteiger partial charge in [-0.05, 0) is 20.8 Å². The molecule has 0 aliphatic heterocycles. The van der Waals surface area contributed by atoms with Crippen molar-refractivity contribution < 1.29 is 14.6 Å². The van der Waals surface area contributed by atoms with Gasteiger partial charge in [0.2, 0.25) is 0 Å². The fourth-order valence-electron chi connectivity index (χ4n) is 1.28. The van der Waals surface area contributed by atoms with Gasteiger partial charge in [0.1, 0.15) is 5.82 Å². The van der Waals surface area contributed by atoms with Crippen LogP contribution in [0.25, 0.3) is 0 Å². The lowest BCUT2D eigenvalue weighted by Gasteiger charge is -2.05. The van der Waals surface area contributed by atoms with Crippen molar-refractivity contribution >= 4 is 5.97 Å². The van der Waals surface area contributed by atoms with Gasteiger partial charge in [-0.1, -0.05) is 0 Å². The molecule has 15 heavy (non-hydrogen) atoms. The van der Waals surface area contributed by atoms with Crippen LogP contribution in [0.5, 0.6) is 0 Å². The average Bonchev–Trinajstić information content (AvgIpc) is 2.47. The summed E-state index contributed by atoms with van der Waals surface area (Å²) < 4.78 is 6.56. The molecule has 0 aliphatic rings. The van der Waals surface area contributed by atoms with E-state index in [1.54, 1.807) is 31.5 Å². The maximum Gasteiger partial charge on any atom is 0.358 e. The zero-order chi connectivity index (χ0) is 11.4. The Balaban J connectivity index is 2.80. The molecular weight excluding hydrogens is 196 g/mol. The minimum Gasteiger partial charge on any atom is -0.461 e. The number of nitrogens with zero attached hydrogens (tertiary/aromatic N) is 2. The van der Waals surface area contributed by atoms with Crippen LogP contribution in [0.2, 0.25) is 0 Å². The molecular formula is C10H16N2O3. The molecule has 1 rings (SSSR count). The predicted octanol–water partition coefficient (Wildman–Crippen LogP) is 0.749. The summed E-state index contributed by atoms with van der Waals surface area (Å²) in [5.41, 5.74) is 0.287. The second-order valence-corrected chi connectivity index (χ2v) is 3.40. The second-order valence-electron chi connectivity index (χ2n) is 3.40. The van der Waals surface area contributed by atoms with E-state index >= 15 is 0 Å². The lowest BCUT2D eigenvalue weighted by atomic mass is 10.4. The maximum atomic E-state index is 11.3. The van der Waals surface area contributed by atoms with Crippen molar-refractivity contribution in [2.45, 2.75) is 33.4 Å². The molecule has 0 spiro atoms. The fraction of sp³-hybridized carbons (Fsp3) is 0.600. The molecule has 0 aliphatic carbocycles. The summed E-state index contributed by atoms with van der Waals surface area (Å²) in [5.74, 6) is 0.267. The van der Waals surface area contributed by atoms with Crippen molar-refractivity contribution in [3.05, 3.63) is 17.7 Å². The number of carbonyl (C=O) groups excluding carboxylic acids is 1. The fourth-order valence-corrected chi connectivity index (χ4v) is 1.28. The van der Waals surface area contributed by atoms with E-state index in [0.717, 1.165) is 0 Å². The van der Waals surface area contributed by atoms with Crippen LogP contribution in [-0.4, -0.2) is 33.3 Å². The molecule has 0 saturated heterocycles. The third kappa shape index (κ3) is 3.06. The average molecular weight is 212 g/mol. The number of aliphatic hydroxyl groups excluding tert-OH is 1. The van der Waals surface area contributed by atoms with Gasteiger partial charge in [-0.15, -0.1) is 0 Å². The summed E-state index contributed by atoms with van der Waals surface area (Å²) in [5, 5.41) is 9.22. The normalized spacial score (nSPS) is 12.5. The number of hydrogen-bond donors (Lipinski definition) is 1. The van der Waals surface area contributed by atoms with E-state index in [4.69, 9.17) is 4.74 Å². The van der Waals surface area contributed by atoms with Gasteiger partial charge in [-0.3, -0.25) is 0 Å². The zero-order valence-electron chi connectivity index (χ0n) is 9.23. The van der Waals surface area contributed by atoms with Gasteiger partial charge in [0.15, 0.2) is 5.69 Å². The van der Waals surface area contributed by atoms with Crippen LogP contribution >= 0.6 is 0 Å². The zero-order valence-corrected chi connectivity index (χ0v) is 9.23. The third-order valence-electron chi connectivity index (χ3n) is 1.92. The standard InChI is InChI=1S/C10H16N2O3/c1-4-15-10(14)9-6-12(5-7(2)13)8(3)11-9/h6-7,13H,4-5H2,1-3H3/t7-/m0/s1. The van der Waals surface area contributed by atoms with Crippen molar-refractivity contribution in [1.82, 2.24) is 9.55 Å². The topological polar surface area (TPSA) is 64.3 Å². The SMILES string of the molecule is CCOC(=O)c1cn(C[C@H](C)O)c(C)n1. The molecule has 1 aromatic heterocycles.